The Morgan fingerprint density at radius 1 is 0.806 bits per heavy atom. The van der Waals surface area contributed by atoms with Crippen molar-refractivity contribution >= 4 is 28.1 Å². The lowest BCUT2D eigenvalue weighted by Gasteiger charge is -2.46. The van der Waals surface area contributed by atoms with Gasteiger partial charge in [0.1, 0.15) is 11.8 Å². The van der Waals surface area contributed by atoms with Crippen LogP contribution in [0.15, 0.2) is 97.1 Å². The molecule has 0 spiro atoms. The second kappa shape index (κ2) is 7.57. The highest BCUT2D eigenvalue weighted by molar-refractivity contribution is 6.05. The fourth-order valence-corrected chi connectivity index (χ4v) is 3.96. The van der Waals surface area contributed by atoms with Crippen LogP contribution in [0.2, 0.25) is 0 Å². The molecule has 0 aromatic heterocycles. The molecule has 4 aromatic carbocycles. The molecule has 2 atom stereocenters. The molecule has 5 rings (SSSR count). The normalized spacial score (nSPS) is 17.9. The number of anilines is 1. The Balaban J connectivity index is 1.50. The minimum absolute atomic E-state index is 0.00709. The van der Waals surface area contributed by atoms with Crippen LogP contribution < -0.4 is 9.64 Å². The summed E-state index contributed by atoms with van der Waals surface area (Å²) in [6.07, 6.45) is -0.720. The Labute approximate surface area is 178 Å². The van der Waals surface area contributed by atoms with Crippen molar-refractivity contribution < 1.29 is 14.5 Å². The van der Waals surface area contributed by atoms with Gasteiger partial charge in [-0.05, 0) is 52.7 Å². The molecule has 152 valence electrons. The number of nitrogens with zero attached hydrogens (tertiary/aromatic N) is 2. The summed E-state index contributed by atoms with van der Waals surface area (Å²) in [4.78, 5) is 25.4. The van der Waals surface area contributed by atoms with Gasteiger partial charge in [-0.25, -0.2) is 0 Å². The van der Waals surface area contributed by atoms with Crippen molar-refractivity contribution in [3.8, 4) is 5.75 Å². The topological polar surface area (TPSA) is 72.7 Å². The molecule has 1 fully saturated rings. The number of para-hydroxylation sites is 1. The van der Waals surface area contributed by atoms with E-state index in [-0.39, 0.29) is 17.6 Å². The Hall–Kier alpha value is -4.19. The largest absolute Gasteiger partial charge is 0.478 e. The highest BCUT2D eigenvalue weighted by Gasteiger charge is 2.51. The predicted molar refractivity (Wildman–Crippen MR) is 118 cm³/mol. The van der Waals surface area contributed by atoms with Gasteiger partial charge in [0.2, 0.25) is 6.10 Å². The molecule has 1 aliphatic heterocycles. The number of non-ortho nitro benzene ring substituents is 1. The summed E-state index contributed by atoms with van der Waals surface area (Å²) >= 11 is 0. The molecule has 0 saturated carbocycles. The third-order valence-corrected chi connectivity index (χ3v) is 5.51. The van der Waals surface area contributed by atoms with Crippen LogP contribution in [0, 0.1) is 10.1 Å². The molecule has 0 N–H and O–H groups in total. The number of rotatable bonds is 5. The first-order valence-corrected chi connectivity index (χ1v) is 9.90. The van der Waals surface area contributed by atoms with Crippen LogP contribution in [-0.4, -0.2) is 16.9 Å². The SMILES string of the molecule is O=C1[C@@H](Oc2ccc3ccccc3c2)[C@@H](c2ccc([N+](=O)[O-])cc2)N1c1ccccc1. The van der Waals surface area contributed by atoms with E-state index in [4.69, 9.17) is 4.74 Å². The van der Waals surface area contributed by atoms with Crippen molar-refractivity contribution in [3.05, 3.63) is 113 Å². The van der Waals surface area contributed by atoms with E-state index in [0.717, 1.165) is 22.0 Å². The Morgan fingerprint density at radius 2 is 1.48 bits per heavy atom. The summed E-state index contributed by atoms with van der Waals surface area (Å²) in [6.45, 7) is 0. The molecule has 0 unspecified atom stereocenters. The van der Waals surface area contributed by atoms with Crippen LogP contribution in [0.25, 0.3) is 10.8 Å². The molecule has 31 heavy (non-hydrogen) atoms. The number of nitro benzene ring substituents is 1. The van der Waals surface area contributed by atoms with E-state index in [1.165, 1.54) is 12.1 Å². The number of fused-ring (bicyclic) bond motifs is 1. The summed E-state index contributed by atoms with van der Waals surface area (Å²) in [5.41, 5.74) is 1.54. The molecule has 1 heterocycles. The van der Waals surface area contributed by atoms with Crippen LogP contribution in [0.3, 0.4) is 0 Å². The highest BCUT2D eigenvalue weighted by Crippen LogP contribution is 2.41. The van der Waals surface area contributed by atoms with Crippen molar-refractivity contribution in [2.75, 3.05) is 4.90 Å². The van der Waals surface area contributed by atoms with E-state index in [2.05, 4.69) is 0 Å². The van der Waals surface area contributed by atoms with Crippen molar-refractivity contribution in [2.24, 2.45) is 0 Å². The molecule has 6 heteroatoms. The van der Waals surface area contributed by atoms with Gasteiger partial charge in [-0.3, -0.25) is 19.8 Å². The zero-order chi connectivity index (χ0) is 21.4. The molecule has 4 aromatic rings. The van der Waals surface area contributed by atoms with E-state index in [9.17, 15) is 14.9 Å². The van der Waals surface area contributed by atoms with Crippen molar-refractivity contribution in [2.45, 2.75) is 12.1 Å². The maximum Gasteiger partial charge on any atom is 0.271 e. The summed E-state index contributed by atoms with van der Waals surface area (Å²) in [5, 5.41) is 13.1. The third kappa shape index (κ3) is 3.38. The van der Waals surface area contributed by atoms with Crippen molar-refractivity contribution in [3.63, 3.8) is 0 Å². The van der Waals surface area contributed by atoms with Gasteiger partial charge < -0.3 is 4.74 Å². The number of hydrogen-bond donors (Lipinski definition) is 0. The standard InChI is InChI=1S/C25H18N2O4/c28-25-24(31-22-15-12-17-6-4-5-7-19(17)16-22)23(26(25)20-8-2-1-3-9-20)18-10-13-21(14-11-18)27(29)30/h1-16,23-24H/t23-,24+/m1/s1. The summed E-state index contributed by atoms with van der Waals surface area (Å²) in [6, 6.07) is 28.9. The first-order valence-electron chi connectivity index (χ1n) is 9.90. The van der Waals surface area contributed by atoms with Crippen LogP contribution in [0.1, 0.15) is 11.6 Å². The minimum atomic E-state index is -0.720. The lowest BCUT2D eigenvalue weighted by molar-refractivity contribution is -0.384. The van der Waals surface area contributed by atoms with Gasteiger partial charge in [0, 0.05) is 17.8 Å². The van der Waals surface area contributed by atoms with Gasteiger partial charge in [0.25, 0.3) is 11.6 Å². The number of β-lactam (4-membered cyclic amide) rings is 1. The highest BCUT2D eigenvalue weighted by atomic mass is 16.6. The quantitative estimate of drug-likeness (QED) is 0.255. The van der Waals surface area contributed by atoms with E-state index in [0.29, 0.717) is 5.75 Å². The average molecular weight is 410 g/mol. The zero-order valence-electron chi connectivity index (χ0n) is 16.4. The summed E-state index contributed by atoms with van der Waals surface area (Å²) in [5.74, 6) is 0.458. The zero-order valence-corrected chi connectivity index (χ0v) is 16.4. The van der Waals surface area contributed by atoms with Gasteiger partial charge in [0.15, 0.2) is 0 Å². The lowest BCUT2D eigenvalue weighted by Crippen LogP contribution is -2.61. The van der Waals surface area contributed by atoms with Gasteiger partial charge in [0.05, 0.1) is 4.92 Å². The number of nitro groups is 1. The molecule has 1 amide bonds. The van der Waals surface area contributed by atoms with E-state index in [1.54, 1.807) is 17.0 Å². The van der Waals surface area contributed by atoms with Gasteiger partial charge in [-0.2, -0.15) is 0 Å². The third-order valence-electron chi connectivity index (χ3n) is 5.51. The number of carbonyl (C=O) groups is 1. The van der Waals surface area contributed by atoms with E-state index >= 15 is 0 Å². The molecule has 1 aliphatic rings. The van der Waals surface area contributed by atoms with Crippen LogP contribution in [-0.2, 0) is 4.79 Å². The van der Waals surface area contributed by atoms with Gasteiger partial charge in [-0.15, -0.1) is 0 Å². The maximum absolute atomic E-state index is 13.1. The number of carbonyl (C=O) groups excluding carboxylic acids is 1. The Kier molecular flexibility index (Phi) is 4.59. The molecule has 6 nitrogen and oxygen atoms in total. The Bertz CT molecular complexity index is 1270. The molecule has 1 saturated heterocycles. The molecular weight excluding hydrogens is 392 g/mol. The maximum atomic E-state index is 13.1. The summed E-state index contributed by atoms with van der Waals surface area (Å²) in [7, 11) is 0. The van der Waals surface area contributed by atoms with E-state index < -0.39 is 11.0 Å². The Morgan fingerprint density at radius 3 is 2.19 bits per heavy atom. The molecule has 0 aliphatic carbocycles. The average Bonchev–Trinajstić information content (AvgIpc) is 2.81. The number of amides is 1. The second-order valence-corrected chi connectivity index (χ2v) is 7.38. The van der Waals surface area contributed by atoms with Crippen molar-refractivity contribution in [1.82, 2.24) is 0 Å². The smallest absolute Gasteiger partial charge is 0.271 e. The monoisotopic (exact) mass is 410 g/mol. The second-order valence-electron chi connectivity index (χ2n) is 7.38. The number of benzene rings is 4. The fourth-order valence-electron chi connectivity index (χ4n) is 3.96. The van der Waals surface area contributed by atoms with Crippen LogP contribution >= 0.6 is 0 Å². The first kappa shape index (κ1) is 18.8. The number of ether oxygens (including phenoxy) is 1. The van der Waals surface area contributed by atoms with Crippen LogP contribution in [0.5, 0.6) is 5.75 Å². The van der Waals surface area contributed by atoms with Crippen LogP contribution in [0.4, 0.5) is 11.4 Å². The predicted octanol–water partition coefficient (Wildman–Crippen LogP) is 5.28. The van der Waals surface area contributed by atoms with Crippen molar-refractivity contribution in [1.29, 1.82) is 0 Å². The van der Waals surface area contributed by atoms with Gasteiger partial charge in [-0.1, -0.05) is 48.5 Å². The minimum Gasteiger partial charge on any atom is -0.478 e. The summed E-state index contributed by atoms with van der Waals surface area (Å²) < 4.78 is 6.14. The van der Waals surface area contributed by atoms with E-state index in [1.807, 2.05) is 72.8 Å². The molecule has 0 radical (unpaired) electrons. The fraction of sp³-hybridized carbons (Fsp3) is 0.0800. The molecule has 0 bridgehead atoms. The molecular formula is C25H18N2O4. The lowest BCUT2D eigenvalue weighted by atomic mass is 9.89. The number of hydrogen-bond acceptors (Lipinski definition) is 4. The van der Waals surface area contributed by atoms with Gasteiger partial charge >= 0.3 is 0 Å². The first-order chi connectivity index (χ1) is 15.1.